The fourth-order valence-corrected chi connectivity index (χ4v) is 2.69. The van der Waals surface area contributed by atoms with Crippen molar-refractivity contribution in [3.63, 3.8) is 0 Å². The van der Waals surface area contributed by atoms with Crippen LogP contribution in [0.15, 0.2) is 18.5 Å². The van der Waals surface area contributed by atoms with Crippen LogP contribution in [0.1, 0.15) is 6.42 Å². The predicted molar refractivity (Wildman–Crippen MR) is 86.7 cm³/mol. The zero-order valence-corrected chi connectivity index (χ0v) is 14.0. The van der Waals surface area contributed by atoms with E-state index in [9.17, 15) is 13.6 Å². The summed E-state index contributed by atoms with van der Waals surface area (Å²) >= 11 is 0. The van der Waals surface area contributed by atoms with Gasteiger partial charge >= 0.3 is 0 Å². The first kappa shape index (κ1) is 19.8. The molecule has 0 radical (unpaired) electrons. The van der Waals surface area contributed by atoms with Crippen molar-refractivity contribution in [2.45, 2.75) is 18.4 Å². The number of hydrogen-bond acceptors (Lipinski definition) is 5. The smallest absolute Gasteiger partial charge is 0.262 e. The van der Waals surface area contributed by atoms with E-state index in [1.165, 1.54) is 0 Å². The summed E-state index contributed by atoms with van der Waals surface area (Å²) in [6, 6.07) is 0.981. The first-order valence-corrected chi connectivity index (χ1v) is 6.97. The summed E-state index contributed by atoms with van der Waals surface area (Å²) in [6.45, 7) is 1.81. The average Bonchev–Trinajstić information content (AvgIpc) is 2.88. The summed E-state index contributed by atoms with van der Waals surface area (Å²) in [5.74, 6) is -2.38. The van der Waals surface area contributed by atoms with E-state index in [1.54, 1.807) is 23.4 Å². The maximum absolute atomic E-state index is 13.1. The molecular formula is C13H19Cl2F2N5O. The van der Waals surface area contributed by atoms with Crippen molar-refractivity contribution in [3.05, 3.63) is 18.5 Å². The summed E-state index contributed by atoms with van der Waals surface area (Å²) in [5.41, 5.74) is 0. The Hall–Kier alpha value is -1.25. The number of piperazine rings is 1. The highest BCUT2D eigenvalue weighted by molar-refractivity contribution is 5.85. The Balaban J connectivity index is 0.00000132. The van der Waals surface area contributed by atoms with Crippen LogP contribution in [0, 0.1) is 0 Å². The third-order valence-corrected chi connectivity index (χ3v) is 3.83. The number of hydrogen-bond donors (Lipinski definition) is 1. The van der Waals surface area contributed by atoms with Crippen LogP contribution >= 0.6 is 24.8 Å². The first-order valence-electron chi connectivity index (χ1n) is 6.97. The van der Waals surface area contributed by atoms with Gasteiger partial charge in [-0.05, 0) is 6.07 Å². The highest BCUT2D eigenvalue weighted by Gasteiger charge is 2.43. The molecule has 23 heavy (non-hydrogen) atoms. The molecule has 1 aromatic heterocycles. The Morgan fingerprint density at radius 3 is 2.30 bits per heavy atom. The van der Waals surface area contributed by atoms with E-state index in [2.05, 4.69) is 15.3 Å². The van der Waals surface area contributed by atoms with E-state index < -0.39 is 24.9 Å². The largest absolute Gasteiger partial charge is 0.338 e. The number of aromatic nitrogens is 2. The molecule has 1 aromatic rings. The van der Waals surface area contributed by atoms with E-state index in [1.807, 2.05) is 4.90 Å². The summed E-state index contributed by atoms with van der Waals surface area (Å²) in [5, 5.41) is 2.61. The normalized spacial score (nSPS) is 23.0. The molecule has 0 aliphatic carbocycles. The van der Waals surface area contributed by atoms with Gasteiger partial charge in [-0.3, -0.25) is 10.1 Å². The van der Waals surface area contributed by atoms with Crippen LogP contribution in [0.2, 0.25) is 0 Å². The third kappa shape index (κ3) is 4.62. The standard InChI is InChI=1S/C13H17F2N5O.2ClH/c14-13(15)8-10(18-9-13)11(21)19-4-6-20(7-5-19)12-16-2-1-3-17-12;;/h1-3,10,18H,4-9H2;2*1H. The second-order valence-electron chi connectivity index (χ2n) is 5.35. The van der Waals surface area contributed by atoms with Crippen molar-refractivity contribution < 1.29 is 13.6 Å². The molecule has 0 aromatic carbocycles. The molecule has 0 bridgehead atoms. The van der Waals surface area contributed by atoms with Gasteiger partial charge < -0.3 is 9.80 Å². The molecule has 2 aliphatic heterocycles. The molecular weight excluding hydrogens is 351 g/mol. The van der Waals surface area contributed by atoms with Crippen molar-refractivity contribution in [2.24, 2.45) is 0 Å². The predicted octanol–water partition coefficient (Wildman–Crippen LogP) is 0.966. The fourth-order valence-electron chi connectivity index (χ4n) is 2.69. The minimum absolute atomic E-state index is 0. The van der Waals surface area contributed by atoms with Crippen molar-refractivity contribution in [2.75, 3.05) is 37.6 Å². The van der Waals surface area contributed by atoms with Gasteiger partial charge in [-0.2, -0.15) is 0 Å². The van der Waals surface area contributed by atoms with Gasteiger partial charge in [-0.25, -0.2) is 18.7 Å². The van der Waals surface area contributed by atoms with Crippen LogP contribution in [0.25, 0.3) is 0 Å². The summed E-state index contributed by atoms with van der Waals surface area (Å²) in [7, 11) is 0. The second-order valence-corrected chi connectivity index (χ2v) is 5.35. The van der Waals surface area contributed by atoms with Crippen molar-refractivity contribution >= 4 is 36.7 Å². The Kier molecular flexibility index (Phi) is 6.91. The van der Waals surface area contributed by atoms with Crippen LogP contribution in [0.5, 0.6) is 0 Å². The van der Waals surface area contributed by atoms with E-state index in [0.29, 0.717) is 32.1 Å². The zero-order chi connectivity index (χ0) is 14.9. The number of rotatable bonds is 2. The molecule has 3 rings (SSSR count). The van der Waals surface area contributed by atoms with E-state index >= 15 is 0 Å². The first-order chi connectivity index (χ1) is 10.1. The summed E-state index contributed by atoms with van der Waals surface area (Å²) in [6.07, 6.45) is 2.93. The Labute approximate surface area is 145 Å². The Morgan fingerprint density at radius 2 is 1.78 bits per heavy atom. The van der Waals surface area contributed by atoms with Gasteiger partial charge in [0.25, 0.3) is 5.92 Å². The van der Waals surface area contributed by atoms with Crippen molar-refractivity contribution in [3.8, 4) is 0 Å². The highest BCUT2D eigenvalue weighted by Crippen LogP contribution is 2.26. The molecule has 2 fully saturated rings. The SMILES string of the molecule is Cl.Cl.O=C(C1CC(F)(F)CN1)N1CCN(c2ncccn2)CC1. The van der Waals surface area contributed by atoms with Crippen LogP contribution in [0.3, 0.4) is 0 Å². The number of halogens is 4. The molecule has 0 saturated carbocycles. The van der Waals surface area contributed by atoms with Gasteiger partial charge in [0.15, 0.2) is 0 Å². The molecule has 3 heterocycles. The maximum Gasteiger partial charge on any atom is 0.262 e. The van der Waals surface area contributed by atoms with Gasteiger partial charge in [0.1, 0.15) is 0 Å². The molecule has 1 unspecified atom stereocenters. The van der Waals surface area contributed by atoms with E-state index in [0.717, 1.165) is 0 Å². The van der Waals surface area contributed by atoms with Crippen molar-refractivity contribution in [1.82, 2.24) is 20.2 Å². The van der Waals surface area contributed by atoms with Crippen LogP contribution in [0.4, 0.5) is 14.7 Å². The topological polar surface area (TPSA) is 61.4 Å². The van der Waals surface area contributed by atoms with Crippen LogP contribution in [-0.4, -0.2) is 65.5 Å². The fraction of sp³-hybridized carbons (Fsp3) is 0.615. The number of amides is 1. The van der Waals surface area contributed by atoms with Gasteiger partial charge in [-0.1, -0.05) is 0 Å². The monoisotopic (exact) mass is 369 g/mol. The van der Waals surface area contributed by atoms with Gasteiger partial charge in [0, 0.05) is 45.0 Å². The van der Waals surface area contributed by atoms with Crippen LogP contribution in [-0.2, 0) is 4.79 Å². The molecule has 6 nitrogen and oxygen atoms in total. The van der Waals surface area contributed by atoms with Gasteiger partial charge in [-0.15, -0.1) is 24.8 Å². The van der Waals surface area contributed by atoms with Gasteiger partial charge in [0.2, 0.25) is 11.9 Å². The quantitative estimate of drug-likeness (QED) is 0.841. The molecule has 130 valence electrons. The van der Waals surface area contributed by atoms with E-state index in [4.69, 9.17) is 0 Å². The lowest BCUT2D eigenvalue weighted by atomic mass is 10.1. The molecule has 2 aliphatic rings. The lowest BCUT2D eigenvalue weighted by Crippen LogP contribution is -2.53. The number of alkyl halides is 2. The van der Waals surface area contributed by atoms with Crippen LogP contribution < -0.4 is 10.2 Å². The number of nitrogens with zero attached hydrogens (tertiary/aromatic N) is 4. The van der Waals surface area contributed by atoms with Gasteiger partial charge in [0.05, 0.1) is 12.6 Å². The Bertz CT molecular complexity index is 514. The summed E-state index contributed by atoms with van der Waals surface area (Å²) in [4.78, 5) is 24.2. The molecule has 1 atom stereocenters. The number of carbonyl (C=O) groups excluding carboxylic acids is 1. The number of carbonyl (C=O) groups is 1. The molecule has 2 saturated heterocycles. The number of anilines is 1. The molecule has 10 heteroatoms. The summed E-state index contributed by atoms with van der Waals surface area (Å²) < 4.78 is 26.3. The molecule has 0 spiro atoms. The zero-order valence-electron chi connectivity index (χ0n) is 12.3. The molecule has 1 N–H and O–H groups in total. The Morgan fingerprint density at radius 1 is 1.17 bits per heavy atom. The minimum atomic E-state index is -2.78. The van der Waals surface area contributed by atoms with Crippen molar-refractivity contribution in [1.29, 1.82) is 0 Å². The highest BCUT2D eigenvalue weighted by atomic mass is 35.5. The second kappa shape index (κ2) is 8.03. The lowest BCUT2D eigenvalue weighted by Gasteiger charge is -2.35. The average molecular weight is 370 g/mol. The van der Waals surface area contributed by atoms with E-state index in [-0.39, 0.29) is 30.7 Å². The third-order valence-electron chi connectivity index (χ3n) is 3.83. The lowest BCUT2D eigenvalue weighted by molar-refractivity contribution is -0.134. The minimum Gasteiger partial charge on any atom is -0.338 e. The molecule has 1 amide bonds. The maximum atomic E-state index is 13.1. The number of nitrogens with one attached hydrogen (secondary N) is 1.